The van der Waals surface area contributed by atoms with Crippen LogP contribution >= 0.6 is 50.5 Å². The molecule has 0 radical (unpaired) electrons. The highest BCUT2D eigenvalue weighted by atomic mass is 79.9. The van der Waals surface area contributed by atoms with Crippen LogP contribution in [0.5, 0.6) is 0 Å². The van der Waals surface area contributed by atoms with Crippen molar-refractivity contribution in [2.75, 3.05) is 5.32 Å². The zero-order chi connectivity index (χ0) is 19.8. The van der Waals surface area contributed by atoms with E-state index in [0.717, 1.165) is 10.1 Å². The molecule has 0 saturated carbocycles. The van der Waals surface area contributed by atoms with Gasteiger partial charge >= 0.3 is 0 Å². The van der Waals surface area contributed by atoms with Gasteiger partial charge in [-0.05, 0) is 34.1 Å². The normalized spacial score (nSPS) is 11.1. The molecule has 0 unspecified atom stereocenters. The van der Waals surface area contributed by atoms with E-state index in [-0.39, 0.29) is 12.5 Å². The number of anilines is 1. The molecule has 2 aromatic heterocycles. The molecule has 2 aromatic carbocycles. The topological polar surface area (TPSA) is 46.9 Å². The van der Waals surface area contributed by atoms with Crippen molar-refractivity contribution in [3.63, 3.8) is 0 Å². The maximum Gasteiger partial charge on any atom is 0.268 e. The Morgan fingerprint density at radius 3 is 2.75 bits per heavy atom. The molecular weight excluding hydrogens is 488 g/mol. The van der Waals surface area contributed by atoms with Gasteiger partial charge in [-0.15, -0.1) is 11.3 Å². The van der Waals surface area contributed by atoms with Gasteiger partial charge in [-0.3, -0.25) is 9.48 Å². The highest BCUT2D eigenvalue weighted by molar-refractivity contribution is 9.10. The molecule has 1 amide bonds. The highest BCUT2D eigenvalue weighted by Gasteiger charge is 2.19. The molecule has 4 rings (SSSR count). The van der Waals surface area contributed by atoms with Gasteiger partial charge in [0.05, 0.1) is 16.0 Å². The van der Waals surface area contributed by atoms with Gasteiger partial charge < -0.3 is 5.32 Å². The number of aromatic nitrogens is 2. The van der Waals surface area contributed by atoms with E-state index in [2.05, 4.69) is 26.3 Å². The maximum atomic E-state index is 14.0. The molecule has 0 fully saturated rings. The van der Waals surface area contributed by atoms with Crippen LogP contribution in [0.15, 0.2) is 53.1 Å². The van der Waals surface area contributed by atoms with Crippen molar-refractivity contribution in [3.8, 4) is 0 Å². The number of hydrogen-bond acceptors (Lipinski definition) is 3. The van der Waals surface area contributed by atoms with E-state index in [9.17, 15) is 9.18 Å². The first kappa shape index (κ1) is 19.4. The van der Waals surface area contributed by atoms with Gasteiger partial charge in [-0.1, -0.05) is 47.5 Å². The number of halogens is 4. The van der Waals surface area contributed by atoms with Gasteiger partial charge in [0.2, 0.25) is 0 Å². The van der Waals surface area contributed by atoms with Crippen molar-refractivity contribution in [1.82, 2.24) is 9.78 Å². The molecule has 0 saturated heterocycles. The van der Waals surface area contributed by atoms with Crippen LogP contribution < -0.4 is 5.32 Å². The summed E-state index contributed by atoms with van der Waals surface area (Å²) in [6, 6.07) is 12.0. The van der Waals surface area contributed by atoms with Gasteiger partial charge in [0.15, 0.2) is 5.82 Å². The summed E-state index contributed by atoms with van der Waals surface area (Å²) in [6.45, 7) is 0.129. The fraction of sp³-hybridized carbons (Fsp3) is 0.0526. The second-order valence-electron chi connectivity index (χ2n) is 5.92. The summed E-state index contributed by atoms with van der Waals surface area (Å²) >= 11 is 17.1. The summed E-state index contributed by atoms with van der Waals surface area (Å²) < 4.78 is 17.0. The average Bonchev–Trinajstić information content (AvgIpc) is 3.18. The van der Waals surface area contributed by atoms with Gasteiger partial charge in [0.25, 0.3) is 5.91 Å². The lowest BCUT2D eigenvalue weighted by Gasteiger charge is -2.06. The van der Waals surface area contributed by atoms with Crippen molar-refractivity contribution < 1.29 is 9.18 Å². The Morgan fingerprint density at radius 1 is 1.21 bits per heavy atom. The maximum absolute atomic E-state index is 14.0. The van der Waals surface area contributed by atoms with E-state index in [1.165, 1.54) is 22.1 Å². The number of nitrogens with zero attached hydrogens (tertiary/aromatic N) is 2. The molecule has 28 heavy (non-hydrogen) atoms. The number of amides is 1. The van der Waals surface area contributed by atoms with E-state index in [4.69, 9.17) is 23.2 Å². The molecule has 1 N–H and O–H groups in total. The summed E-state index contributed by atoms with van der Waals surface area (Å²) in [4.78, 5) is 13.1. The van der Waals surface area contributed by atoms with E-state index in [1.807, 2.05) is 24.3 Å². The zero-order valence-electron chi connectivity index (χ0n) is 14.0. The van der Waals surface area contributed by atoms with Crippen LogP contribution in [0.25, 0.3) is 10.1 Å². The molecule has 0 spiro atoms. The molecular formula is C19H11BrCl2FN3OS. The second kappa shape index (κ2) is 7.83. The number of carbonyl (C=O) groups is 1. The van der Waals surface area contributed by atoms with Gasteiger partial charge in [-0.2, -0.15) is 5.10 Å². The predicted molar refractivity (Wildman–Crippen MR) is 115 cm³/mol. The summed E-state index contributed by atoms with van der Waals surface area (Å²) in [5.41, 5.74) is 0.324. The molecule has 0 atom stereocenters. The molecule has 142 valence electrons. The second-order valence-corrected chi connectivity index (χ2v) is 8.61. The van der Waals surface area contributed by atoms with Crippen LogP contribution in [0.4, 0.5) is 10.2 Å². The minimum absolute atomic E-state index is 0.129. The van der Waals surface area contributed by atoms with Crippen molar-refractivity contribution >= 4 is 72.3 Å². The largest absolute Gasteiger partial charge is 0.303 e. The first-order chi connectivity index (χ1) is 13.4. The predicted octanol–water partition coefficient (Wildman–Crippen LogP) is 6.61. The summed E-state index contributed by atoms with van der Waals surface area (Å²) in [6.07, 6.45) is 1.64. The highest BCUT2D eigenvalue weighted by Crippen LogP contribution is 2.36. The number of nitrogens with one attached hydrogen (secondary N) is 1. The minimum atomic E-state index is -0.415. The summed E-state index contributed by atoms with van der Waals surface area (Å²) in [5.74, 6) is -0.464. The van der Waals surface area contributed by atoms with E-state index >= 15 is 0 Å². The molecule has 0 aliphatic heterocycles. The van der Waals surface area contributed by atoms with Crippen LogP contribution in [-0.2, 0) is 6.54 Å². The van der Waals surface area contributed by atoms with Crippen LogP contribution in [0.3, 0.4) is 0 Å². The lowest BCUT2D eigenvalue weighted by atomic mass is 10.2. The van der Waals surface area contributed by atoms with Gasteiger partial charge in [-0.25, -0.2) is 4.39 Å². The molecule has 9 heteroatoms. The fourth-order valence-corrected chi connectivity index (χ4v) is 4.78. The number of thiophene rings is 1. The van der Waals surface area contributed by atoms with Crippen LogP contribution in [0, 0.1) is 5.82 Å². The van der Waals surface area contributed by atoms with Gasteiger partial charge in [0, 0.05) is 26.9 Å². The quantitative estimate of drug-likeness (QED) is 0.344. The van der Waals surface area contributed by atoms with Gasteiger partial charge in [0.1, 0.15) is 10.7 Å². The minimum Gasteiger partial charge on any atom is -0.303 e. The zero-order valence-corrected chi connectivity index (χ0v) is 18.0. The Kier molecular flexibility index (Phi) is 5.42. The van der Waals surface area contributed by atoms with Crippen molar-refractivity contribution in [2.24, 2.45) is 0 Å². The van der Waals surface area contributed by atoms with Crippen molar-refractivity contribution in [3.05, 3.63) is 79.4 Å². The first-order valence-electron chi connectivity index (χ1n) is 8.08. The number of hydrogen-bond donors (Lipinski definition) is 1. The average molecular weight is 499 g/mol. The fourth-order valence-electron chi connectivity index (χ4n) is 2.73. The Labute approximate surface area is 182 Å². The number of benzene rings is 2. The molecule has 0 aliphatic rings. The SMILES string of the molecule is O=C(Nc1nn(Cc2c(F)cccc2Cl)cc1Br)c1sc2ccccc2c1Cl. The van der Waals surface area contributed by atoms with E-state index in [1.54, 1.807) is 18.3 Å². The number of rotatable bonds is 4. The Balaban J connectivity index is 1.58. The molecule has 0 aliphatic carbocycles. The van der Waals surface area contributed by atoms with Crippen LogP contribution in [0.1, 0.15) is 15.2 Å². The van der Waals surface area contributed by atoms with E-state index in [0.29, 0.717) is 30.8 Å². The third-order valence-corrected chi connectivity index (χ3v) is 6.68. The number of carbonyl (C=O) groups excluding carboxylic acids is 1. The Hall–Kier alpha value is -1.93. The molecule has 4 aromatic rings. The summed E-state index contributed by atoms with van der Waals surface area (Å²) in [5, 5.41) is 8.61. The standard InChI is InChI=1S/C19H11BrCl2FN3OS/c20-12-9-26(8-11-13(21)5-3-6-14(11)23)25-18(12)24-19(27)17-16(22)10-4-1-2-7-15(10)28-17/h1-7,9H,8H2,(H,24,25,27). The lowest BCUT2D eigenvalue weighted by Crippen LogP contribution is -2.12. The van der Waals surface area contributed by atoms with E-state index < -0.39 is 5.82 Å². The monoisotopic (exact) mass is 497 g/mol. The molecule has 4 nitrogen and oxygen atoms in total. The lowest BCUT2D eigenvalue weighted by molar-refractivity contribution is 0.103. The van der Waals surface area contributed by atoms with Crippen LogP contribution in [-0.4, -0.2) is 15.7 Å². The number of fused-ring (bicyclic) bond motifs is 1. The first-order valence-corrected chi connectivity index (χ1v) is 10.4. The summed E-state index contributed by atoms with van der Waals surface area (Å²) in [7, 11) is 0. The third-order valence-electron chi connectivity index (χ3n) is 4.07. The third kappa shape index (κ3) is 3.67. The smallest absolute Gasteiger partial charge is 0.268 e. The molecule has 0 bridgehead atoms. The molecule has 2 heterocycles. The van der Waals surface area contributed by atoms with Crippen molar-refractivity contribution in [1.29, 1.82) is 0 Å². The van der Waals surface area contributed by atoms with Crippen molar-refractivity contribution in [2.45, 2.75) is 6.54 Å². The Bertz CT molecular complexity index is 1190. The van der Waals surface area contributed by atoms with Crippen LogP contribution in [0.2, 0.25) is 10.0 Å². The Morgan fingerprint density at radius 2 is 2.00 bits per heavy atom.